The minimum Gasteiger partial charge on any atom is -0.399 e. The molecule has 0 saturated carbocycles. The van der Waals surface area contributed by atoms with Crippen molar-refractivity contribution in [1.29, 1.82) is 0 Å². The van der Waals surface area contributed by atoms with Gasteiger partial charge in [-0.1, -0.05) is 0 Å². The molecule has 0 amide bonds. The first-order valence-corrected chi connectivity index (χ1v) is 5.15. The second-order valence-electron chi connectivity index (χ2n) is 3.81. The monoisotopic (exact) mass is 205 g/mol. The Bertz CT molecular complexity index is 369. The van der Waals surface area contributed by atoms with E-state index in [4.69, 9.17) is 5.73 Å². The molecule has 0 unspecified atom stereocenters. The van der Waals surface area contributed by atoms with Gasteiger partial charge in [0.1, 0.15) is 0 Å². The van der Waals surface area contributed by atoms with Crippen LogP contribution in [-0.4, -0.2) is 24.8 Å². The Morgan fingerprint density at radius 1 is 1.33 bits per heavy atom. The van der Waals surface area contributed by atoms with E-state index in [0.29, 0.717) is 0 Å². The van der Waals surface area contributed by atoms with Crippen LogP contribution in [-0.2, 0) is 0 Å². The number of rotatable bonds is 3. The highest BCUT2D eigenvalue weighted by Gasteiger charge is 2.00. The molecule has 0 saturated heterocycles. The molecule has 1 aromatic rings. The first-order valence-electron chi connectivity index (χ1n) is 5.15. The number of benzene rings is 1. The maximum absolute atomic E-state index is 5.81. The Morgan fingerprint density at radius 3 is 2.60 bits per heavy atom. The molecule has 0 bridgehead atoms. The molecule has 0 aliphatic carbocycles. The van der Waals surface area contributed by atoms with E-state index in [1.165, 1.54) is 0 Å². The number of aliphatic imine (C=N–C) groups is 1. The van der Waals surface area contributed by atoms with Gasteiger partial charge in [0.2, 0.25) is 0 Å². The molecule has 0 fully saturated rings. The molecule has 1 aromatic carbocycles. The fraction of sp³-hybridized carbons (Fsp3) is 0.417. The van der Waals surface area contributed by atoms with E-state index in [1.54, 1.807) is 0 Å². The van der Waals surface area contributed by atoms with Crippen molar-refractivity contribution >= 4 is 17.7 Å². The molecular weight excluding hydrogens is 186 g/mol. The Balaban J connectivity index is 2.95. The number of hydrogen-bond acceptors (Lipinski definition) is 2. The Labute approximate surface area is 91.6 Å². The quantitative estimate of drug-likeness (QED) is 0.468. The van der Waals surface area contributed by atoms with Crippen LogP contribution in [0.2, 0.25) is 0 Å². The summed E-state index contributed by atoms with van der Waals surface area (Å²) in [5, 5.41) is 0. The fourth-order valence-corrected chi connectivity index (χ4v) is 1.20. The summed E-state index contributed by atoms with van der Waals surface area (Å²) in [6, 6.07) is 3.98. The Morgan fingerprint density at radius 2 is 2.00 bits per heavy atom. The van der Waals surface area contributed by atoms with E-state index in [9.17, 15) is 0 Å². The highest BCUT2D eigenvalue weighted by molar-refractivity contribution is 5.66. The lowest BCUT2D eigenvalue weighted by Crippen LogP contribution is -2.14. The van der Waals surface area contributed by atoms with E-state index < -0.39 is 0 Å². The predicted molar refractivity (Wildman–Crippen MR) is 66.8 cm³/mol. The number of hydrogen-bond donors (Lipinski definition) is 1. The summed E-state index contributed by atoms with van der Waals surface area (Å²) in [6.45, 7) is 7.06. The number of nitrogens with two attached hydrogens (primary N) is 1. The third kappa shape index (κ3) is 2.98. The van der Waals surface area contributed by atoms with Crippen LogP contribution < -0.4 is 5.73 Å². The van der Waals surface area contributed by atoms with E-state index in [-0.39, 0.29) is 0 Å². The standard InChI is InChI=1S/C12H19N3/c1-5-15(4)8-14-12-7-9(2)11(13)6-10(12)3/h6-8H,5,13H2,1-4H3. The predicted octanol–water partition coefficient (Wildman–Crippen LogP) is 2.50. The summed E-state index contributed by atoms with van der Waals surface area (Å²) in [7, 11) is 2.00. The molecule has 0 aliphatic heterocycles. The van der Waals surface area contributed by atoms with Crippen LogP contribution in [0.3, 0.4) is 0 Å². The molecule has 3 nitrogen and oxygen atoms in total. The van der Waals surface area contributed by atoms with Gasteiger partial charge in [0.25, 0.3) is 0 Å². The summed E-state index contributed by atoms with van der Waals surface area (Å²) >= 11 is 0. The molecular formula is C12H19N3. The third-order valence-corrected chi connectivity index (χ3v) is 2.48. The van der Waals surface area contributed by atoms with Crippen molar-refractivity contribution in [3.63, 3.8) is 0 Å². The largest absolute Gasteiger partial charge is 0.399 e. The van der Waals surface area contributed by atoms with E-state index in [2.05, 4.69) is 11.9 Å². The lowest BCUT2D eigenvalue weighted by Gasteiger charge is -2.10. The zero-order valence-corrected chi connectivity index (χ0v) is 9.91. The second-order valence-corrected chi connectivity index (χ2v) is 3.81. The average Bonchev–Trinajstić information content (AvgIpc) is 2.21. The minimum atomic E-state index is 0.829. The highest BCUT2D eigenvalue weighted by Crippen LogP contribution is 2.24. The van der Waals surface area contributed by atoms with E-state index >= 15 is 0 Å². The lowest BCUT2D eigenvalue weighted by molar-refractivity contribution is 0.552. The van der Waals surface area contributed by atoms with E-state index in [1.807, 2.05) is 44.3 Å². The number of nitrogen functional groups attached to an aromatic ring is 1. The fourth-order valence-electron chi connectivity index (χ4n) is 1.20. The maximum Gasteiger partial charge on any atom is 0.0909 e. The second kappa shape index (κ2) is 4.82. The van der Waals surface area contributed by atoms with Gasteiger partial charge in [-0.05, 0) is 44.0 Å². The van der Waals surface area contributed by atoms with Crippen molar-refractivity contribution in [2.24, 2.45) is 4.99 Å². The molecule has 0 heterocycles. The zero-order valence-electron chi connectivity index (χ0n) is 9.91. The smallest absolute Gasteiger partial charge is 0.0909 e. The van der Waals surface area contributed by atoms with Crippen LogP contribution in [0.25, 0.3) is 0 Å². The summed E-state index contributed by atoms with van der Waals surface area (Å²) in [6.07, 6.45) is 1.85. The first-order chi connectivity index (χ1) is 7.04. The average molecular weight is 205 g/mol. The topological polar surface area (TPSA) is 41.6 Å². The molecule has 15 heavy (non-hydrogen) atoms. The van der Waals surface area contributed by atoms with Gasteiger partial charge < -0.3 is 10.6 Å². The number of nitrogens with zero attached hydrogens (tertiary/aromatic N) is 2. The van der Waals surface area contributed by atoms with Crippen LogP contribution in [0.1, 0.15) is 18.1 Å². The van der Waals surface area contributed by atoms with Gasteiger partial charge in [0.15, 0.2) is 0 Å². The van der Waals surface area contributed by atoms with Crippen LogP contribution in [0.4, 0.5) is 11.4 Å². The summed E-state index contributed by atoms with van der Waals surface area (Å²) in [4.78, 5) is 6.46. The molecule has 0 atom stereocenters. The zero-order chi connectivity index (χ0) is 11.4. The molecule has 3 heteroatoms. The van der Waals surface area contributed by atoms with Gasteiger partial charge in [-0.15, -0.1) is 0 Å². The Hall–Kier alpha value is -1.51. The van der Waals surface area contributed by atoms with Crippen molar-refractivity contribution in [3.8, 4) is 0 Å². The van der Waals surface area contributed by atoms with Gasteiger partial charge in [0, 0.05) is 19.3 Å². The van der Waals surface area contributed by atoms with Crippen molar-refractivity contribution in [2.45, 2.75) is 20.8 Å². The van der Waals surface area contributed by atoms with Gasteiger partial charge in [-0.2, -0.15) is 0 Å². The van der Waals surface area contributed by atoms with E-state index in [0.717, 1.165) is 29.0 Å². The molecule has 0 aromatic heterocycles. The number of aryl methyl sites for hydroxylation is 2. The molecule has 82 valence electrons. The molecule has 0 aliphatic rings. The first kappa shape index (κ1) is 11.6. The SMILES string of the molecule is CCN(C)C=Nc1cc(C)c(N)cc1C. The van der Waals surface area contributed by atoms with Gasteiger partial charge in [-0.25, -0.2) is 4.99 Å². The van der Waals surface area contributed by atoms with Crippen molar-refractivity contribution < 1.29 is 0 Å². The van der Waals surface area contributed by atoms with Gasteiger partial charge >= 0.3 is 0 Å². The summed E-state index contributed by atoms with van der Waals surface area (Å²) in [5.74, 6) is 0. The third-order valence-electron chi connectivity index (χ3n) is 2.48. The van der Waals surface area contributed by atoms with Crippen LogP contribution in [0.5, 0.6) is 0 Å². The molecule has 1 rings (SSSR count). The Kier molecular flexibility index (Phi) is 3.72. The lowest BCUT2D eigenvalue weighted by atomic mass is 10.1. The van der Waals surface area contributed by atoms with Crippen LogP contribution in [0.15, 0.2) is 17.1 Å². The summed E-state index contributed by atoms with van der Waals surface area (Å²) < 4.78 is 0. The number of anilines is 1. The summed E-state index contributed by atoms with van der Waals surface area (Å²) in [5.41, 5.74) is 9.81. The molecule has 2 N–H and O–H groups in total. The normalized spacial score (nSPS) is 10.9. The van der Waals surface area contributed by atoms with Crippen molar-refractivity contribution in [2.75, 3.05) is 19.3 Å². The molecule has 0 radical (unpaired) electrons. The highest BCUT2D eigenvalue weighted by atomic mass is 15.1. The van der Waals surface area contributed by atoms with Crippen molar-refractivity contribution in [1.82, 2.24) is 4.90 Å². The van der Waals surface area contributed by atoms with Crippen molar-refractivity contribution in [3.05, 3.63) is 23.3 Å². The van der Waals surface area contributed by atoms with Gasteiger partial charge in [0.05, 0.1) is 12.0 Å². The van der Waals surface area contributed by atoms with Crippen LogP contribution in [0, 0.1) is 13.8 Å². The molecule has 0 spiro atoms. The maximum atomic E-state index is 5.81. The van der Waals surface area contributed by atoms with Crippen LogP contribution >= 0.6 is 0 Å². The minimum absolute atomic E-state index is 0.829. The van der Waals surface area contributed by atoms with Gasteiger partial charge in [-0.3, -0.25) is 0 Å².